The molecule has 0 heterocycles. The van der Waals surface area contributed by atoms with Crippen LogP contribution in [-0.4, -0.2) is 22.8 Å². The molecule has 0 spiro atoms. The Morgan fingerprint density at radius 1 is 1.24 bits per heavy atom. The summed E-state index contributed by atoms with van der Waals surface area (Å²) in [6, 6.07) is 4.20. The molecule has 21 heavy (non-hydrogen) atoms. The fourth-order valence-electron chi connectivity index (χ4n) is 1.75. The standard InChI is InChI=1S/C17H22O4/c1-12(2)5-4-6-13(3)9-10-21-14-7-8-16(18)15(11-14)17(19)20/h5,7-9,11,18H,4,6,10H2,1-3H3,(H,19,20)/b13-9+. The third-order valence-electron chi connectivity index (χ3n) is 2.97. The van der Waals surface area contributed by atoms with E-state index in [1.807, 2.05) is 13.0 Å². The molecule has 0 saturated carbocycles. The number of ether oxygens (including phenoxy) is 1. The number of aromatic carboxylic acids is 1. The van der Waals surface area contributed by atoms with Crippen molar-refractivity contribution in [3.63, 3.8) is 0 Å². The van der Waals surface area contributed by atoms with Crippen LogP contribution in [0.3, 0.4) is 0 Å². The van der Waals surface area contributed by atoms with Crippen LogP contribution in [0.2, 0.25) is 0 Å². The second-order valence-electron chi connectivity index (χ2n) is 5.17. The van der Waals surface area contributed by atoms with E-state index in [0.717, 1.165) is 12.8 Å². The van der Waals surface area contributed by atoms with Gasteiger partial charge in [0, 0.05) is 0 Å². The molecule has 0 radical (unpaired) electrons. The molecule has 1 aromatic rings. The summed E-state index contributed by atoms with van der Waals surface area (Å²) < 4.78 is 5.48. The number of aromatic hydroxyl groups is 1. The molecule has 0 aromatic heterocycles. The summed E-state index contributed by atoms with van der Waals surface area (Å²) in [4.78, 5) is 10.9. The van der Waals surface area contributed by atoms with Crippen molar-refractivity contribution in [2.75, 3.05) is 6.61 Å². The Hall–Kier alpha value is -2.23. The van der Waals surface area contributed by atoms with E-state index in [1.54, 1.807) is 6.07 Å². The average molecular weight is 290 g/mol. The van der Waals surface area contributed by atoms with E-state index in [4.69, 9.17) is 9.84 Å². The lowest BCUT2D eigenvalue weighted by atomic mass is 10.1. The van der Waals surface area contributed by atoms with E-state index < -0.39 is 5.97 Å². The maximum atomic E-state index is 10.9. The minimum atomic E-state index is -1.17. The number of benzene rings is 1. The third-order valence-corrected chi connectivity index (χ3v) is 2.97. The molecule has 0 unspecified atom stereocenters. The van der Waals surface area contributed by atoms with Gasteiger partial charge in [0.05, 0.1) is 0 Å². The molecule has 0 saturated heterocycles. The number of carboxylic acid groups (broad SMARTS) is 1. The second-order valence-corrected chi connectivity index (χ2v) is 5.17. The van der Waals surface area contributed by atoms with Crippen molar-refractivity contribution in [1.82, 2.24) is 0 Å². The van der Waals surface area contributed by atoms with Gasteiger partial charge in [-0.2, -0.15) is 0 Å². The second kappa shape index (κ2) is 8.15. The number of allylic oxidation sites excluding steroid dienone is 3. The zero-order valence-electron chi connectivity index (χ0n) is 12.7. The first-order valence-electron chi connectivity index (χ1n) is 6.88. The highest BCUT2D eigenvalue weighted by molar-refractivity contribution is 5.91. The van der Waals surface area contributed by atoms with Crippen LogP contribution < -0.4 is 4.74 Å². The zero-order chi connectivity index (χ0) is 15.8. The highest BCUT2D eigenvalue weighted by atomic mass is 16.5. The van der Waals surface area contributed by atoms with Crippen LogP contribution in [0, 0.1) is 0 Å². The Morgan fingerprint density at radius 3 is 2.57 bits per heavy atom. The number of rotatable bonds is 7. The van der Waals surface area contributed by atoms with Crippen LogP contribution in [0.4, 0.5) is 0 Å². The van der Waals surface area contributed by atoms with E-state index in [0.29, 0.717) is 12.4 Å². The quantitative estimate of drug-likeness (QED) is 0.740. The van der Waals surface area contributed by atoms with Crippen molar-refractivity contribution < 1.29 is 19.7 Å². The normalized spacial score (nSPS) is 11.1. The van der Waals surface area contributed by atoms with Crippen molar-refractivity contribution in [1.29, 1.82) is 0 Å². The summed E-state index contributed by atoms with van der Waals surface area (Å²) in [6.45, 7) is 6.58. The predicted molar refractivity (Wildman–Crippen MR) is 83.0 cm³/mol. The first kappa shape index (κ1) is 16.8. The SMILES string of the molecule is CC(C)=CCC/C(C)=C/COc1ccc(O)c(C(=O)O)c1. The topological polar surface area (TPSA) is 66.8 Å². The molecule has 0 amide bonds. The fourth-order valence-corrected chi connectivity index (χ4v) is 1.75. The van der Waals surface area contributed by atoms with Crippen molar-refractivity contribution in [2.45, 2.75) is 33.6 Å². The van der Waals surface area contributed by atoms with Crippen molar-refractivity contribution in [3.8, 4) is 11.5 Å². The first-order valence-corrected chi connectivity index (χ1v) is 6.88. The Labute approximate surface area is 125 Å². The molecule has 0 atom stereocenters. The Morgan fingerprint density at radius 2 is 1.95 bits per heavy atom. The molecule has 1 aromatic carbocycles. The number of hydrogen-bond acceptors (Lipinski definition) is 3. The van der Waals surface area contributed by atoms with Gasteiger partial charge in [-0.25, -0.2) is 4.79 Å². The van der Waals surface area contributed by atoms with Crippen molar-refractivity contribution >= 4 is 5.97 Å². The lowest BCUT2D eigenvalue weighted by Gasteiger charge is -2.06. The van der Waals surface area contributed by atoms with Gasteiger partial charge in [0.15, 0.2) is 0 Å². The summed E-state index contributed by atoms with van der Waals surface area (Å²) in [5.41, 5.74) is 2.38. The lowest BCUT2D eigenvalue weighted by molar-refractivity contribution is 0.0693. The highest BCUT2D eigenvalue weighted by Crippen LogP contribution is 2.23. The van der Waals surface area contributed by atoms with Gasteiger partial charge in [-0.3, -0.25) is 0 Å². The van der Waals surface area contributed by atoms with Gasteiger partial charge in [-0.05, 0) is 57.9 Å². The lowest BCUT2D eigenvalue weighted by Crippen LogP contribution is -2.00. The van der Waals surface area contributed by atoms with Crippen LogP contribution in [0.5, 0.6) is 11.5 Å². The molecule has 1 rings (SSSR count). The van der Waals surface area contributed by atoms with Gasteiger partial charge in [-0.1, -0.05) is 17.2 Å². The van der Waals surface area contributed by atoms with Crippen LogP contribution in [-0.2, 0) is 0 Å². The van der Waals surface area contributed by atoms with Crippen LogP contribution in [0.25, 0.3) is 0 Å². The largest absolute Gasteiger partial charge is 0.507 e. The van der Waals surface area contributed by atoms with Gasteiger partial charge in [-0.15, -0.1) is 0 Å². The summed E-state index contributed by atoms with van der Waals surface area (Å²) >= 11 is 0. The minimum Gasteiger partial charge on any atom is -0.507 e. The van der Waals surface area contributed by atoms with Crippen LogP contribution in [0.1, 0.15) is 44.0 Å². The molecule has 0 aliphatic carbocycles. The zero-order valence-corrected chi connectivity index (χ0v) is 12.7. The van der Waals surface area contributed by atoms with Crippen molar-refractivity contribution in [2.24, 2.45) is 0 Å². The molecular formula is C17H22O4. The molecule has 0 aliphatic rings. The van der Waals surface area contributed by atoms with Crippen molar-refractivity contribution in [3.05, 3.63) is 47.1 Å². The van der Waals surface area contributed by atoms with Gasteiger partial charge in [0.25, 0.3) is 0 Å². The maximum absolute atomic E-state index is 10.9. The number of hydrogen-bond donors (Lipinski definition) is 2. The van der Waals surface area contributed by atoms with E-state index >= 15 is 0 Å². The van der Waals surface area contributed by atoms with Crippen LogP contribution >= 0.6 is 0 Å². The average Bonchev–Trinajstić information content (AvgIpc) is 2.40. The molecule has 0 bridgehead atoms. The van der Waals surface area contributed by atoms with Gasteiger partial charge in [0.1, 0.15) is 23.7 Å². The summed E-state index contributed by atoms with van der Waals surface area (Å²) in [6.07, 6.45) is 6.15. The first-order chi connectivity index (χ1) is 9.90. The molecule has 0 fully saturated rings. The third kappa shape index (κ3) is 6.17. The van der Waals surface area contributed by atoms with E-state index in [9.17, 15) is 9.90 Å². The molecule has 4 nitrogen and oxygen atoms in total. The fraction of sp³-hybridized carbons (Fsp3) is 0.353. The predicted octanol–water partition coefficient (Wildman–Crippen LogP) is 4.16. The van der Waals surface area contributed by atoms with Gasteiger partial charge < -0.3 is 14.9 Å². The Bertz CT molecular complexity index is 552. The molecule has 4 heteroatoms. The van der Waals surface area contributed by atoms with Crippen LogP contribution in [0.15, 0.2) is 41.5 Å². The highest BCUT2D eigenvalue weighted by Gasteiger charge is 2.10. The van der Waals surface area contributed by atoms with Gasteiger partial charge in [0.2, 0.25) is 0 Å². The Balaban J connectivity index is 2.54. The van der Waals surface area contributed by atoms with Gasteiger partial charge >= 0.3 is 5.97 Å². The Kier molecular flexibility index (Phi) is 6.53. The molecule has 0 aliphatic heterocycles. The molecular weight excluding hydrogens is 268 g/mol. The monoisotopic (exact) mass is 290 g/mol. The summed E-state index contributed by atoms with van der Waals surface area (Å²) in [5.74, 6) is -1.01. The van der Waals surface area contributed by atoms with E-state index in [-0.39, 0.29) is 11.3 Å². The molecule has 2 N–H and O–H groups in total. The molecule has 114 valence electrons. The maximum Gasteiger partial charge on any atom is 0.339 e. The number of carboxylic acids is 1. The number of phenols is 1. The van der Waals surface area contributed by atoms with E-state index in [1.165, 1.54) is 23.3 Å². The minimum absolute atomic E-state index is 0.156. The number of carbonyl (C=O) groups is 1. The van der Waals surface area contributed by atoms with E-state index in [2.05, 4.69) is 19.9 Å². The smallest absolute Gasteiger partial charge is 0.339 e. The summed E-state index contributed by atoms with van der Waals surface area (Å²) in [5, 5.41) is 18.3. The summed E-state index contributed by atoms with van der Waals surface area (Å²) in [7, 11) is 0.